The SMILES string of the molecule is COc1ccc2c3c(ccc2c1)OCOc1ccc2cc(/C=C/C(=O)c4ccc(OC(=O)c5ccc(CO)cc5)cc4)ccc2c1-3. The monoisotopic (exact) mass is 608 g/mol. The van der Waals surface area contributed by atoms with Crippen molar-refractivity contribution in [1.29, 1.82) is 0 Å². The van der Waals surface area contributed by atoms with E-state index >= 15 is 0 Å². The summed E-state index contributed by atoms with van der Waals surface area (Å²) in [4.78, 5) is 25.4. The average Bonchev–Trinajstić information content (AvgIpc) is 3.30. The van der Waals surface area contributed by atoms with Crippen molar-refractivity contribution in [2.45, 2.75) is 6.61 Å². The first-order valence-corrected chi connectivity index (χ1v) is 14.7. The number of hydrogen-bond acceptors (Lipinski definition) is 7. The van der Waals surface area contributed by atoms with E-state index < -0.39 is 5.97 Å². The summed E-state index contributed by atoms with van der Waals surface area (Å²) in [7, 11) is 1.65. The van der Waals surface area contributed by atoms with E-state index in [0.29, 0.717) is 22.4 Å². The van der Waals surface area contributed by atoms with Crippen LogP contribution >= 0.6 is 0 Å². The van der Waals surface area contributed by atoms with Crippen LogP contribution in [0.4, 0.5) is 0 Å². The number of carbonyl (C=O) groups excluding carboxylic acids is 2. The molecule has 6 aromatic rings. The fourth-order valence-electron chi connectivity index (χ4n) is 5.63. The maximum atomic E-state index is 13.0. The molecule has 0 amide bonds. The molecule has 7 rings (SSSR count). The summed E-state index contributed by atoms with van der Waals surface area (Å²) >= 11 is 0. The molecule has 0 aliphatic carbocycles. The van der Waals surface area contributed by atoms with E-state index in [-0.39, 0.29) is 19.2 Å². The second kappa shape index (κ2) is 12.2. The molecule has 1 heterocycles. The number of ketones is 1. The Morgan fingerprint density at radius 1 is 0.717 bits per heavy atom. The Balaban J connectivity index is 1.13. The predicted octanol–water partition coefficient (Wildman–Crippen LogP) is 8.00. The van der Waals surface area contributed by atoms with Gasteiger partial charge < -0.3 is 24.1 Å². The molecule has 0 saturated carbocycles. The van der Waals surface area contributed by atoms with Crippen molar-refractivity contribution in [2.24, 2.45) is 0 Å². The van der Waals surface area contributed by atoms with Gasteiger partial charge in [-0.25, -0.2) is 4.79 Å². The summed E-state index contributed by atoms with van der Waals surface area (Å²) in [6.45, 7) is 0.00908. The van der Waals surface area contributed by atoms with Gasteiger partial charge in [0.15, 0.2) is 5.78 Å². The van der Waals surface area contributed by atoms with Crippen molar-refractivity contribution in [3.05, 3.63) is 138 Å². The normalized spacial score (nSPS) is 12.1. The molecule has 1 aliphatic rings. The molecular weight excluding hydrogens is 580 g/mol. The van der Waals surface area contributed by atoms with Crippen LogP contribution in [-0.2, 0) is 6.61 Å². The standard InChI is InChI=1S/C39H28O7/c1-43-31-14-16-33-29(21-31)11-19-36-38(33)37-32-15-4-24(20-28(32)10-18-35(37)44-23-45-36)5-17-34(41)26-8-12-30(13-9-26)46-39(42)27-6-2-25(22-40)3-7-27/h2-21,40H,22-23H2,1H3/b17-5+. The van der Waals surface area contributed by atoms with Gasteiger partial charge in [0.25, 0.3) is 0 Å². The summed E-state index contributed by atoms with van der Waals surface area (Å²) < 4.78 is 22.9. The van der Waals surface area contributed by atoms with Crippen LogP contribution in [0.5, 0.6) is 23.0 Å². The number of aliphatic hydroxyl groups is 1. The van der Waals surface area contributed by atoms with Crippen LogP contribution in [0.15, 0.2) is 115 Å². The Morgan fingerprint density at radius 3 is 1.98 bits per heavy atom. The molecule has 1 N–H and O–H groups in total. The third kappa shape index (κ3) is 5.56. The van der Waals surface area contributed by atoms with Gasteiger partial charge in [0.1, 0.15) is 23.0 Å². The molecule has 226 valence electrons. The first kappa shape index (κ1) is 28.8. The molecule has 0 fully saturated rings. The van der Waals surface area contributed by atoms with Gasteiger partial charge in [-0.3, -0.25) is 4.79 Å². The Kier molecular flexibility index (Phi) is 7.66. The molecule has 6 aromatic carbocycles. The van der Waals surface area contributed by atoms with Gasteiger partial charge in [-0.05, 0) is 112 Å². The largest absolute Gasteiger partial charge is 0.497 e. The lowest BCUT2D eigenvalue weighted by atomic mass is 9.91. The Morgan fingerprint density at radius 2 is 1.33 bits per heavy atom. The highest BCUT2D eigenvalue weighted by Gasteiger charge is 2.22. The van der Waals surface area contributed by atoms with Gasteiger partial charge in [-0.1, -0.05) is 42.5 Å². The second-order valence-electron chi connectivity index (χ2n) is 10.8. The van der Waals surface area contributed by atoms with Crippen LogP contribution in [-0.4, -0.2) is 30.8 Å². The summed E-state index contributed by atoms with van der Waals surface area (Å²) in [6, 6.07) is 32.9. The van der Waals surface area contributed by atoms with Gasteiger partial charge in [-0.15, -0.1) is 0 Å². The molecule has 0 atom stereocenters. The Hall–Kier alpha value is -5.92. The van der Waals surface area contributed by atoms with Crippen molar-refractivity contribution in [1.82, 2.24) is 0 Å². The number of esters is 1. The quantitative estimate of drug-likeness (QED) is 0.0850. The third-order valence-corrected chi connectivity index (χ3v) is 8.02. The highest BCUT2D eigenvalue weighted by molar-refractivity contribution is 6.11. The van der Waals surface area contributed by atoms with E-state index in [4.69, 9.17) is 18.9 Å². The molecular formula is C39H28O7. The molecule has 0 aromatic heterocycles. The van der Waals surface area contributed by atoms with E-state index in [0.717, 1.165) is 55.5 Å². The Labute approximate surface area is 264 Å². The van der Waals surface area contributed by atoms with Crippen LogP contribution in [0.3, 0.4) is 0 Å². The van der Waals surface area contributed by atoms with Crippen molar-refractivity contribution >= 4 is 39.4 Å². The van der Waals surface area contributed by atoms with Crippen LogP contribution in [0, 0.1) is 0 Å². The summed E-state index contributed by atoms with van der Waals surface area (Å²) in [5, 5.41) is 13.2. The number of hydrogen-bond donors (Lipinski definition) is 1. The molecule has 0 saturated heterocycles. The number of carbonyl (C=O) groups is 2. The molecule has 46 heavy (non-hydrogen) atoms. The zero-order valence-electron chi connectivity index (χ0n) is 24.9. The van der Waals surface area contributed by atoms with Crippen LogP contribution in [0.25, 0.3) is 38.7 Å². The maximum absolute atomic E-state index is 13.0. The molecule has 0 spiro atoms. The van der Waals surface area contributed by atoms with Gasteiger partial charge in [0, 0.05) is 16.7 Å². The summed E-state index contributed by atoms with van der Waals surface area (Å²) in [5.74, 6) is 1.89. The van der Waals surface area contributed by atoms with Gasteiger partial charge in [-0.2, -0.15) is 0 Å². The summed E-state index contributed by atoms with van der Waals surface area (Å²) in [5.41, 5.74) is 4.32. The fraction of sp³-hybridized carbons (Fsp3) is 0.0769. The van der Waals surface area contributed by atoms with Crippen LogP contribution in [0.1, 0.15) is 31.8 Å². The number of fused-ring (bicyclic) bond motifs is 7. The zero-order chi connectivity index (χ0) is 31.6. The predicted molar refractivity (Wildman–Crippen MR) is 177 cm³/mol. The van der Waals surface area contributed by atoms with Crippen molar-refractivity contribution in [3.63, 3.8) is 0 Å². The second-order valence-corrected chi connectivity index (χ2v) is 10.8. The minimum atomic E-state index is -0.521. The lowest BCUT2D eigenvalue weighted by molar-refractivity contribution is 0.0734. The lowest BCUT2D eigenvalue weighted by Crippen LogP contribution is -2.08. The number of methoxy groups -OCH3 is 1. The smallest absolute Gasteiger partial charge is 0.343 e. The van der Waals surface area contributed by atoms with E-state index in [1.807, 2.05) is 60.7 Å². The van der Waals surface area contributed by atoms with E-state index in [2.05, 4.69) is 0 Å². The molecule has 0 bridgehead atoms. The molecule has 7 nitrogen and oxygen atoms in total. The minimum absolute atomic E-state index is 0.101. The number of rotatable bonds is 7. The highest BCUT2D eigenvalue weighted by Crippen LogP contribution is 2.47. The average molecular weight is 609 g/mol. The fourth-order valence-corrected chi connectivity index (χ4v) is 5.63. The molecule has 7 heteroatoms. The maximum Gasteiger partial charge on any atom is 0.343 e. The molecule has 0 unspecified atom stereocenters. The first-order chi connectivity index (χ1) is 22.5. The van der Waals surface area contributed by atoms with E-state index in [9.17, 15) is 14.7 Å². The molecule has 1 aliphatic heterocycles. The van der Waals surface area contributed by atoms with E-state index in [1.165, 1.54) is 6.08 Å². The zero-order valence-corrected chi connectivity index (χ0v) is 24.9. The number of aliphatic hydroxyl groups excluding tert-OH is 1. The van der Waals surface area contributed by atoms with Gasteiger partial charge >= 0.3 is 5.97 Å². The number of allylic oxidation sites excluding steroid dienone is 1. The molecule has 0 radical (unpaired) electrons. The Bertz CT molecular complexity index is 2150. The lowest BCUT2D eigenvalue weighted by Gasteiger charge is -2.14. The number of ether oxygens (including phenoxy) is 4. The van der Waals surface area contributed by atoms with Gasteiger partial charge in [0.05, 0.1) is 19.3 Å². The minimum Gasteiger partial charge on any atom is -0.497 e. The van der Waals surface area contributed by atoms with Crippen molar-refractivity contribution < 1.29 is 33.6 Å². The van der Waals surface area contributed by atoms with Crippen LogP contribution < -0.4 is 18.9 Å². The van der Waals surface area contributed by atoms with Crippen LogP contribution in [0.2, 0.25) is 0 Å². The van der Waals surface area contributed by atoms with Crippen molar-refractivity contribution in [3.8, 4) is 34.1 Å². The third-order valence-electron chi connectivity index (χ3n) is 8.02. The highest BCUT2D eigenvalue weighted by atomic mass is 16.7. The topological polar surface area (TPSA) is 91.3 Å². The number of benzene rings is 6. The first-order valence-electron chi connectivity index (χ1n) is 14.7. The van der Waals surface area contributed by atoms with Crippen molar-refractivity contribution in [2.75, 3.05) is 13.9 Å². The van der Waals surface area contributed by atoms with Gasteiger partial charge in [0.2, 0.25) is 6.79 Å². The summed E-state index contributed by atoms with van der Waals surface area (Å²) in [6.07, 6.45) is 3.31. The van der Waals surface area contributed by atoms with E-state index in [1.54, 1.807) is 61.7 Å².